The lowest BCUT2D eigenvalue weighted by molar-refractivity contribution is -0.122. The van der Waals surface area contributed by atoms with Gasteiger partial charge in [-0.05, 0) is 43.2 Å². The maximum absolute atomic E-state index is 12.3. The molecule has 0 radical (unpaired) electrons. The number of anilines is 1. The Balaban J connectivity index is 1.78. The van der Waals surface area contributed by atoms with Crippen LogP contribution in [0.15, 0.2) is 59.1 Å². The largest absolute Gasteiger partial charge is 0.370 e. The molecule has 1 amide bonds. The molecule has 2 unspecified atom stereocenters. The summed E-state index contributed by atoms with van der Waals surface area (Å²) in [6.45, 7) is 3.57. The van der Waals surface area contributed by atoms with E-state index in [1.54, 1.807) is 0 Å². The van der Waals surface area contributed by atoms with Gasteiger partial charge in [0.1, 0.15) is 5.54 Å². The molecule has 0 bridgehead atoms. The Morgan fingerprint density at radius 1 is 1.25 bits per heavy atom. The van der Waals surface area contributed by atoms with Crippen molar-refractivity contribution in [3.63, 3.8) is 0 Å². The Bertz CT molecular complexity index is 704. The molecule has 0 saturated carbocycles. The molecule has 0 aromatic heterocycles. The molecule has 5 heteroatoms. The maximum Gasteiger partial charge on any atom is 0.244 e. The van der Waals surface area contributed by atoms with Gasteiger partial charge < -0.3 is 11.1 Å². The van der Waals surface area contributed by atoms with E-state index in [-0.39, 0.29) is 11.9 Å². The molecular formula is C19H22BrN3O. The normalized spacial score (nSPS) is 24.0. The molecular weight excluding hydrogens is 366 g/mol. The highest BCUT2D eigenvalue weighted by Crippen LogP contribution is 2.32. The van der Waals surface area contributed by atoms with Crippen LogP contribution in [0, 0.1) is 0 Å². The number of nitrogens with one attached hydrogen (secondary N) is 1. The van der Waals surface area contributed by atoms with E-state index >= 15 is 0 Å². The lowest BCUT2D eigenvalue weighted by Crippen LogP contribution is -2.52. The number of likely N-dealkylation sites (tertiary alicyclic amines) is 1. The van der Waals surface area contributed by atoms with E-state index in [9.17, 15) is 4.79 Å². The summed E-state index contributed by atoms with van der Waals surface area (Å²) in [7, 11) is 0. The number of amides is 1. The van der Waals surface area contributed by atoms with E-state index in [4.69, 9.17) is 5.73 Å². The van der Waals surface area contributed by atoms with E-state index < -0.39 is 5.54 Å². The Morgan fingerprint density at radius 2 is 1.92 bits per heavy atom. The summed E-state index contributed by atoms with van der Waals surface area (Å²) in [4.78, 5) is 14.6. The minimum Gasteiger partial charge on any atom is -0.370 e. The van der Waals surface area contributed by atoms with Crippen LogP contribution in [-0.4, -0.2) is 28.9 Å². The fraction of sp³-hybridized carbons (Fsp3) is 0.316. The molecule has 2 atom stereocenters. The number of rotatable bonds is 5. The van der Waals surface area contributed by atoms with Gasteiger partial charge in [0.2, 0.25) is 5.91 Å². The van der Waals surface area contributed by atoms with Crippen molar-refractivity contribution in [3.8, 4) is 0 Å². The third-order valence-electron chi connectivity index (χ3n) is 4.67. The molecule has 2 aromatic rings. The molecule has 1 saturated heterocycles. The number of benzene rings is 2. The fourth-order valence-electron chi connectivity index (χ4n) is 3.37. The van der Waals surface area contributed by atoms with Gasteiger partial charge in [-0.25, -0.2) is 0 Å². The summed E-state index contributed by atoms with van der Waals surface area (Å²) >= 11 is 3.43. The fourth-order valence-corrected chi connectivity index (χ4v) is 3.63. The number of hydrogen-bond acceptors (Lipinski definition) is 3. The van der Waals surface area contributed by atoms with Gasteiger partial charge in [0.05, 0.1) is 0 Å². The van der Waals surface area contributed by atoms with Crippen LogP contribution in [0.1, 0.15) is 18.9 Å². The molecule has 1 aliphatic heterocycles. The highest BCUT2D eigenvalue weighted by atomic mass is 79.9. The Kier molecular flexibility index (Phi) is 4.92. The SMILES string of the molecule is CC1CC(Nc2ccc(Br)cc2)(C(N)=O)CN1Cc1ccccc1. The van der Waals surface area contributed by atoms with Crippen LogP contribution in [0.2, 0.25) is 0 Å². The average molecular weight is 388 g/mol. The van der Waals surface area contributed by atoms with Crippen LogP contribution < -0.4 is 11.1 Å². The monoisotopic (exact) mass is 387 g/mol. The van der Waals surface area contributed by atoms with Crippen LogP contribution in [0.4, 0.5) is 5.69 Å². The second kappa shape index (κ2) is 6.95. The van der Waals surface area contributed by atoms with Crippen molar-refractivity contribution in [2.45, 2.75) is 31.5 Å². The lowest BCUT2D eigenvalue weighted by Gasteiger charge is -2.28. The first-order valence-electron chi connectivity index (χ1n) is 8.10. The summed E-state index contributed by atoms with van der Waals surface area (Å²) in [5.74, 6) is -0.298. The molecule has 1 fully saturated rings. The zero-order chi connectivity index (χ0) is 17.2. The zero-order valence-corrected chi connectivity index (χ0v) is 15.3. The molecule has 1 heterocycles. The van der Waals surface area contributed by atoms with Gasteiger partial charge in [0.15, 0.2) is 0 Å². The summed E-state index contributed by atoms with van der Waals surface area (Å²) in [5.41, 5.74) is 7.21. The summed E-state index contributed by atoms with van der Waals surface area (Å²) in [6, 6.07) is 18.4. The lowest BCUT2D eigenvalue weighted by atomic mass is 9.95. The topological polar surface area (TPSA) is 58.4 Å². The molecule has 24 heavy (non-hydrogen) atoms. The minimum absolute atomic E-state index is 0.278. The summed E-state index contributed by atoms with van der Waals surface area (Å²) in [5, 5.41) is 3.39. The smallest absolute Gasteiger partial charge is 0.244 e. The number of carbonyl (C=O) groups excluding carboxylic acids is 1. The van der Waals surface area contributed by atoms with E-state index in [2.05, 4.69) is 45.2 Å². The Morgan fingerprint density at radius 3 is 2.54 bits per heavy atom. The van der Waals surface area contributed by atoms with Crippen molar-refractivity contribution >= 4 is 27.5 Å². The summed E-state index contributed by atoms with van der Waals surface area (Å²) < 4.78 is 1.01. The molecule has 4 nitrogen and oxygen atoms in total. The second-order valence-corrected chi connectivity index (χ2v) is 7.44. The number of nitrogens with two attached hydrogens (primary N) is 1. The number of halogens is 1. The zero-order valence-electron chi connectivity index (χ0n) is 13.7. The molecule has 2 aromatic carbocycles. The minimum atomic E-state index is -0.734. The van der Waals surface area contributed by atoms with Gasteiger partial charge >= 0.3 is 0 Å². The highest BCUT2D eigenvalue weighted by molar-refractivity contribution is 9.10. The van der Waals surface area contributed by atoms with Gasteiger partial charge in [-0.1, -0.05) is 46.3 Å². The molecule has 0 spiro atoms. The first-order chi connectivity index (χ1) is 11.5. The first kappa shape index (κ1) is 17.0. The third kappa shape index (κ3) is 3.62. The quantitative estimate of drug-likeness (QED) is 0.826. The maximum atomic E-state index is 12.3. The number of nitrogens with zero attached hydrogens (tertiary/aromatic N) is 1. The molecule has 3 rings (SSSR count). The van der Waals surface area contributed by atoms with Crippen molar-refractivity contribution in [3.05, 3.63) is 64.6 Å². The van der Waals surface area contributed by atoms with Gasteiger partial charge in [0, 0.05) is 29.3 Å². The molecule has 1 aliphatic rings. The van der Waals surface area contributed by atoms with Crippen LogP contribution >= 0.6 is 15.9 Å². The molecule has 0 aliphatic carbocycles. The predicted molar refractivity (Wildman–Crippen MR) is 101 cm³/mol. The van der Waals surface area contributed by atoms with E-state index in [1.807, 2.05) is 42.5 Å². The van der Waals surface area contributed by atoms with Crippen molar-refractivity contribution < 1.29 is 4.79 Å². The van der Waals surface area contributed by atoms with Crippen LogP contribution in [0.25, 0.3) is 0 Å². The van der Waals surface area contributed by atoms with E-state index in [0.717, 1.165) is 16.7 Å². The number of hydrogen-bond donors (Lipinski definition) is 2. The van der Waals surface area contributed by atoms with Gasteiger partial charge in [-0.2, -0.15) is 0 Å². The van der Waals surface area contributed by atoms with E-state index in [1.165, 1.54) is 5.56 Å². The van der Waals surface area contributed by atoms with Gasteiger partial charge in [0.25, 0.3) is 0 Å². The summed E-state index contributed by atoms with van der Waals surface area (Å²) in [6.07, 6.45) is 0.700. The average Bonchev–Trinajstić information content (AvgIpc) is 2.88. The van der Waals surface area contributed by atoms with Crippen molar-refractivity contribution in [2.75, 3.05) is 11.9 Å². The number of carbonyl (C=O) groups is 1. The Labute approximate surface area is 151 Å². The van der Waals surface area contributed by atoms with E-state index in [0.29, 0.717) is 13.0 Å². The number of primary amides is 1. The Hall–Kier alpha value is -1.85. The van der Waals surface area contributed by atoms with Crippen LogP contribution in [0.5, 0.6) is 0 Å². The second-order valence-electron chi connectivity index (χ2n) is 6.52. The van der Waals surface area contributed by atoms with Crippen molar-refractivity contribution in [1.82, 2.24) is 4.90 Å². The molecule has 3 N–H and O–H groups in total. The predicted octanol–water partition coefficient (Wildman–Crippen LogP) is 3.38. The first-order valence-corrected chi connectivity index (χ1v) is 8.89. The highest BCUT2D eigenvalue weighted by Gasteiger charge is 2.46. The van der Waals surface area contributed by atoms with Gasteiger partial charge in [-0.3, -0.25) is 9.69 Å². The van der Waals surface area contributed by atoms with Crippen LogP contribution in [0.3, 0.4) is 0 Å². The standard InChI is InChI=1S/C19H22BrN3O/c1-14-11-19(18(21)24,22-17-9-7-16(20)8-10-17)13-23(14)12-15-5-3-2-4-6-15/h2-10,14,22H,11-13H2,1H3,(H2,21,24). The van der Waals surface area contributed by atoms with Crippen molar-refractivity contribution in [1.29, 1.82) is 0 Å². The van der Waals surface area contributed by atoms with Crippen LogP contribution in [-0.2, 0) is 11.3 Å². The molecule has 126 valence electrons. The third-order valence-corrected chi connectivity index (χ3v) is 5.20. The van der Waals surface area contributed by atoms with Crippen molar-refractivity contribution in [2.24, 2.45) is 5.73 Å². The van der Waals surface area contributed by atoms with Gasteiger partial charge in [-0.15, -0.1) is 0 Å².